The maximum absolute atomic E-state index is 2.32. The van der Waals surface area contributed by atoms with E-state index in [2.05, 4.69) is 30.7 Å². The van der Waals surface area contributed by atoms with E-state index in [1.807, 2.05) is 0 Å². The van der Waals surface area contributed by atoms with Crippen LogP contribution in [0, 0.1) is 6.42 Å². The molecule has 1 aliphatic carbocycles. The summed E-state index contributed by atoms with van der Waals surface area (Å²) in [5.74, 6) is 0. The van der Waals surface area contributed by atoms with Crippen molar-refractivity contribution in [3.63, 3.8) is 0 Å². The van der Waals surface area contributed by atoms with E-state index in [1.54, 1.807) is 0 Å². The summed E-state index contributed by atoms with van der Waals surface area (Å²) < 4.78 is 0. The summed E-state index contributed by atoms with van der Waals surface area (Å²) in [5.41, 5.74) is 0. The van der Waals surface area contributed by atoms with Gasteiger partial charge in [0.1, 0.15) is 0 Å². The maximum atomic E-state index is 2.32. The Morgan fingerprint density at radius 3 is 2.09 bits per heavy atom. The van der Waals surface area contributed by atoms with Gasteiger partial charge in [0.25, 0.3) is 0 Å². The van der Waals surface area contributed by atoms with Crippen molar-refractivity contribution < 1.29 is 0 Å². The standard InChI is InChI=1S/C11H17/c1-2-4-6-8-10-11-9-7-5-3-1/h1-3,10-11H,4-9H2. The molecule has 0 atom stereocenters. The first-order valence-corrected chi connectivity index (χ1v) is 4.63. The van der Waals surface area contributed by atoms with Gasteiger partial charge in [-0.05, 0) is 44.9 Å². The molecule has 1 radical (unpaired) electrons. The largest absolute Gasteiger partial charge is 0.0885 e. The van der Waals surface area contributed by atoms with Gasteiger partial charge in [0.05, 0.1) is 0 Å². The Bertz CT molecular complexity index is 115. The van der Waals surface area contributed by atoms with Crippen molar-refractivity contribution in [1.29, 1.82) is 0 Å². The third-order valence-corrected chi connectivity index (χ3v) is 1.92. The predicted octanol–water partition coefficient (Wildman–Crippen LogP) is 3.66. The lowest BCUT2D eigenvalue weighted by Crippen LogP contribution is -1.72. The van der Waals surface area contributed by atoms with Crippen LogP contribution in [0.1, 0.15) is 38.5 Å². The molecule has 0 aromatic carbocycles. The molecule has 0 heterocycles. The molecule has 0 N–H and O–H groups in total. The van der Waals surface area contributed by atoms with Gasteiger partial charge in [0.2, 0.25) is 0 Å². The molecule has 11 heavy (non-hydrogen) atoms. The SMILES string of the molecule is [CH]1C=CCCCC=CCCC1. The molecule has 0 aromatic rings. The maximum Gasteiger partial charge on any atom is -0.0170 e. The molecule has 0 fully saturated rings. The number of hydrogen-bond acceptors (Lipinski definition) is 0. The summed E-state index contributed by atoms with van der Waals surface area (Å²) in [5, 5.41) is 0. The summed E-state index contributed by atoms with van der Waals surface area (Å²) in [4.78, 5) is 0. The zero-order chi connectivity index (χ0) is 7.78. The first-order chi connectivity index (χ1) is 5.50. The van der Waals surface area contributed by atoms with Crippen LogP contribution in [-0.4, -0.2) is 0 Å². The van der Waals surface area contributed by atoms with Crippen LogP contribution in [0.4, 0.5) is 0 Å². The van der Waals surface area contributed by atoms with E-state index < -0.39 is 0 Å². The van der Waals surface area contributed by atoms with Crippen LogP contribution in [0.15, 0.2) is 24.3 Å². The van der Waals surface area contributed by atoms with Gasteiger partial charge in [-0.25, -0.2) is 0 Å². The minimum absolute atomic E-state index is 1.24. The van der Waals surface area contributed by atoms with Crippen LogP contribution in [-0.2, 0) is 0 Å². The van der Waals surface area contributed by atoms with E-state index >= 15 is 0 Å². The summed E-state index contributed by atoms with van der Waals surface area (Å²) in [7, 11) is 0. The van der Waals surface area contributed by atoms with Crippen molar-refractivity contribution in [2.24, 2.45) is 0 Å². The van der Waals surface area contributed by atoms with Crippen molar-refractivity contribution in [3.8, 4) is 0 Å². The third kappa shape index (κ3) is 4.83. The van der Waals surface area contributed by atoms with Crippen LogP contribution < -0.4 is 0 Å². The van der Waals surface area contributed by atoms with Gasteiger partial charge in [-0.3, -0.25) is 0 Å². The third-order valence-electron chi connectivity index (χ3n) is 1.92. The minimum Gasteiger partial charge on any atom is -0.0885 e. The Balaban J connectivity index is 2.22. The normalized spacial score (nSPS) is 21.1. The average molecular weight is 149 g/mol. The van der Waals surface area contributed by atoms with E-state index in [1.165, 1.54) is 38.5 Å². The molecular formula is C11H17. The van der Waals surface area contributed by atoms with Gasteiger partial charge in [0, 0.05) is 0 Å². The van der Waals surface area contributed by atoms with Crippen LogP contribution in [0.5, 0.6) is 0 Å². The van der Waals surface area contributed by atoms with Crippen LogP contribution in [0.2, 0.25) is 0 Å². The minimum atomic E-state index is 1.24. The van der Waals surface area contributed by atoms with Crippen molar-refractivity contribution in [1.82, 2.24) is 0 Å². The molecule has 1 aliphatic rings. The smallest absolute Gasteiger partial charge is 0.0170 e. The molecule has 0 aromatic heterocycles. The van der Waals surface area contributed by atoms with E-state index in [9.17, 15) is 0 Å². The molecule has 0 saturated heterocycles. The van der Waals surface area contributed by atoms with Crippen molar-refractivity contribution in [3.05, 3.63) is 30.7 Å². The summed E-state index contributed by atoms with van der Waals surface area (Å²) in [6, 6.07) is 0. The summed E-state index contributed by atoms with van der Waals surface area (Å²) in [6.07, 6.45) is 19.0. The number of hydrogen-bond donors (Lipinski definition) is 0. The van der Waals surface area contributed by atoms with E-state index in [0.717, 1.165) is 0 Å². The van der Waals surface area contributed by atoms with E-state index in [4.69, 9.17) is 0 Å². The number of allylic oxidation sites excluding steroid dienone is 4. The lowest BCUT2D eigenvalue weighted by molar-refractivity contribution is 0.837. The Kier molecular flexibility index (Phi) is 4.84. The quantitative estimate of drug-likeness (QED) is 0.461. The second-order valence-electron chi connectivity index (χ2n) is 3.00. The topological polar surface area (TPSA) is 0 Å². The van der Waals surface area contributed by atoms with Gasteiger partial charge in [-0.2, -0.15) is 0 Å². The molecule has 0 spiro atoms. The first-order valence-electron chi connectivity index (χ1n) is 4.63. The highest BCUT2D eigenvalue weighted by atomic mass is 13.9. The van der Waals surface area contributed by atoms with Gasteiger partial charge >= 0.3 is 0 Å². The fourth-order valence-electron chi connectivity index (χ4n) is 1.23. The van der Waals surface area contributed by atoms with Gasteiger partial charge in [-0.15, -0.1) is 0 Å². The van der Waals surface area contributed by atoms with E-state index in [-0.39, 0.29) is 0 Å². The van der Waals surface area contributed by atoms with Crippen LogP contribution in [0.25, 0.3) is 0 Å². The molecule has 1 rings (SSSR count). The van der Waals surface area contributed by atoms with Crippen LogP contribution >= 0.6 is 0 Å². The first kappa shape index (κ1) is 8.58. The number of rotatable bonds is 0. The van der Waals surface area contributed by atoms with Gasteiger partial charge in [0.15, 0.2) is 0 Å². The van der Waals surface area contributed by atoms with Crippen molar-refractivity contribution in [2.75, 3.05) is 0 Å². The second kappa shape index (κ2) is 6.21. The van der Waals surface area contributed by atoms with Gasteiger partial charge in [-0.1, -0.05) is 24.3 Å². The van der Waals surface area contributed by atoms with Crippen molar-refractivity contribution >= 4 is 0 Å². The second-order valence-corrected chi connectivity index (χ2v) is 3.00. The molecule has 0 heteroatoms. The average Bonchev–Trinajstić information content (AvgIpc) is 2.08. The Morgan fingerprint density at radius 2 is 1.27 bits per heavy atom. The molecular weight excluding hydrogens is 132 g/mol. The monoisotopic (exact) mass is 149 g/mol. The van der Waals surface area contributed by atoms with Gasteiger partial charge < -0.3 is 0 Å². The molecule has 0 aliphatic heterocycles. The van der Waals surface area contributed by atoms with E-state index in [0.29, 0.717) is 0 Å². The predicted molar refractivity (Wildman–Crippen MR) is 50.3 cm³/mol. The molecule has 0 bridgehead atoms. The van der Waals surface area contributed by atoms with Crippen molar-refractivity contribution in [2.45, 2.75) is 38.5 Å². The fraction of sp³-hybridized carbons (Fsp3) is 0.545. The molecule has 0 amide bonds. The molecule has 0 saturated carbocycles. The molecule has 61 valence electrons. The lowest BCUT2D eigenvalue weighted by Gasteiger charge is -1.90. The fourth-order valence-corrected chi connectivity index (χ4v) is 1.23. The highest BCUT2D eigenvalue weighted by Gasteiger charge is 1.87. The Hall–Kier alpha value is -0.520. The Labute approximate surface area is 70.0 Å². The summed E-state index contributed by atoms with van der Waals surface area (Å²) >= 11 is 0. The van der Waals surface area contributed by atoms with Crippen LogP contribution in [0.3, 0.4) is 0 Å². The molecule has 0 nitrogen and oxygen atoms in total. The summed E-state index contributed by atoms with van der Waals surface area (Å²) in [6.45, 7) is 0. The highest BCUT2D eigenvalue weighted by molar-refractivity contribution is 4.96. The zero-order valence-electron chi connectivity index (χ0n) is 7.13. The molecule has 0 unspecified atom stereocenters. The zero-order valence-corrected chi connectivity index (χ0v) is 7.13. The Morgan fingerprint density at radius 1 is 0.636 bits per heavy atom. The lowest BCUT2D eigenvalue weighted by atomic mass is 10.2. The highest BCUT2D eigenvalue weighted by Crippen LogP contribution is 2.06.